The second kappa shape index (κ2) is 4.61. The van der Waals surface area contributed by atoms with Crippen LogP contribution in [0.3, 0.4) is 0 Å². The first-order valence-electron chi connectivity index (χ1n) is 5.30. The number of hydrogen-bond donors (Lipinski definition) is 0. The summed E-state index contributed by atoms with van der Waals surface area (Å²) in [7, 11) is -2.21. The highest BCUT2D eigenvalue weighted by Crippen LogP contribution is 2.57. The average Bonchev–Trinajstić information content (AvgIpc) is 2.27. The largest absolute Gasteiger partial charge is 0.328 e. The Balaban J connectivity index is 2.36. The van der Waals surface area contributed by atoms with E-state index in [-0.39, 0.29) is 0 Å². The number of hydrogen-bond acceptors (Lipinski definition) is 2. The van der Waals surface area contributed by atoms with Crippen molar-refractivity contribution in [2.75, 3.05) is 18.9 Å². The molecule has 78 valence electrons. The van der Waals surface area contributed by atoms with Crippen molar-refractivity contribution in [1.29, 1.82) is 0 Å². The van der Waals surface area contributed by atoms with Crippen LogP contribution in [0.15, 0.2) is 0 Å². The monoisotopic (exact) mass is 204 g/mol. The second-order valence-electron chi connectivity index (χ2n) is 4.32. The van der Waals surface area contributed by atoms with Gasteiger partial charge in [-0.2, -0.15) is 0 Å². The van der Waals surface area contributed by atoms with E-state index in [1.54, 1.807) is 0 Å². The maximum Gasteiger partial charge on any atom is 0.203 e. The molecule has 2 atom stereocenters. The average molecular weight is 204 g/mol. The van der Waals surface area contributed by atoms with Crippen LogP contribution in [0.4, 0.5) is 0 Å². The summed E-state index contributed by atoms with van der Waals surface area (Å²) in [5.74, 6) is 1.15. The molecule has 1 heterocycles. The minimum Gasteiger partial charge on any atom is -0.328 e. The van der Waals surface area contributed by atoms with Crippen LogP contribution in [0.2, 0.25) is 0 Å². The summed E-state index contributed by atoms with van der Waals surface area (Å²) < 4.78 is 17.6. The van der Waals surface area contributed by atoms with Crippen molar-refractivity contribution in [1.82, 2.24) is 0 Å². The minimum absolute atomic E-state index is 0.576. The molecule has 1 rings (SSSR count). The highest BCUT2D eigenvalue weighted by atomic mass is 31.2. The molecular formula is C10H21O2P. The summed E-state index contributed by atoms with van der Waals surface area (Å²) >= 11 is 0. The van der Waals surface area contributed by atoms with Gasteiger partial charge in [0.25, 0.3) is 0 Å². The third kappa shape index (κ3) is 3.11. The molecule has 0 aliphatic carbocycles. The zero-order valence-electron chi connectivity index (χ0n) is 8.95. The zero-order valence-corrected chi connectivity index (χ0v) is 9.85. The van der Waals surface area contributed by atoms with Gasteiger partial charge in [-0.15, -0.1) is 0 Å². The van der Waals surface area contributed by atoms with Gasteiger partial charge in [-0.1, -0.05) is 27.2 Å². The summed E-state index contributed by atoms with van der Waals surface area (Å²) in [6.45, 7) is 7.16. The molecule has 0 saturated carbocycles. The summed E-state index contributed by atoms with van der Waals surface area (Å²) in [5.41, 5.74) is 0. The van der Waals surface area contributed by atoms with Crippen LogP contribution in [0.25, 0.3) is 0 Å². The van der Waals surface area contributed by atoms with Crippen LogP contribution >= 0.6 is 7.37 Å². The van der Waals surface area contributed by atoms with E-state index in [0.717, 1.165) is 25.2 Å². The number of rotatable bonds is 4. The Hall–Kier alpha value is 0.190. The van der Waals surface area contributed by atoms with Crippen LogP contribution in [0, 0.1) is 11.8 Å². The fourth-order valence-corrected chi connectivity index (χ4v) is 5.09. The van der Waals surface area contributed by atoms with E-state index in [9.17, 15) is 4.57 Å². The molecule has 0 radical (unpaired) electrons. The van der Waals surface area contributed by atoms with Crippen LogP contribution in [-0.2, 0) is 9.09 Å². The van der Waals surface area contributed by atoms with Gasteiger partial charge in [0.1, 0.15) is 0 Å². The van der Waals surface area contributed by atoms with Gasteiger partial charge >= 0.3 is 0 Å². The van der Waals surface area contributed by atoms with Crippen molar-refractivity contribution in [3.63, 3.8) is 0 Å². The lowest BCUT2D eigenvalue weighted by Gasteiger charge is -2.11. The molecule has 2 nitrogen and oxygen atoms in total. The maximum absolute atomic E-state index is 12.1. The first-order chi connectivity index (χ1) is 6.07. The van der Waals surface area contributed by atoms with Crippen molar-refractivity contribution in [2.45, 2.75) is 33.6 Å². The fraction of sp³-hybridized carbons (Fsp3) is 1.00. The molecule has 13 heavy (non-hydrogen) atoms. The van der Waals surface area contributed by atoms with Crippen molar-refractivity contribution in [2.24, 2.45) is 11.8 Å². The molecule has 0 aromatic rings. The molecule has 1 fully saturated rings. The number of unbranched alkanes of at least 4 members (excludes halogenated alkanes) is 1. The summed E-state index contributed by atoms with van der Waals surface area (Å²) in [6.07, 6.45) is 3.76. The Morgan fingerprint density at radius 1 is 1.31 bits per heavy atom. The molecule has 0 amide bonds. The lowest BCUT2D eigenvalue weighted by atomic mass is 10.0. The Morgan fingerprint density at radius 3 is 2.31 bits per heavy atom. The zero-order chi connectivity index (χ0) is 9.90. The summed E-state index contributed by atoms with van der Waals surface area (Å²) in [5, 5.41) is 0. The van der Waals surface area contributed by atoms with Crippen LogP contribution in [-0.4, -0.2) is 18.9 Å². The Kier molecular flexibility index (Phi) is 4.00. The van der Waals surface area contributed by atoms with Crippen molar-refractivity contribution in [3.8, 4) is 0 Å². The van der Waals surface area contributed by atoms with Gasteiger partial charge in [0.2, 0.25) is 7.37 Å². The van der Waals surface area contributed by atoms with E-state index in [2.05, 4.69) is 20.8 Å². The van der Waals surface area contributed by atoms with Gasteiger partial charge in [0.05, 0.1) is 6.61 Å². The predicted molar refractivity (Wildman–Crippen MR) is 56.5 cm³/mol. The third-order valence-electron chi connectivity index (χ3n) is 2.93. The first kappa shape index (κ1) is 11.3. The molecule has 1 saturated heterocycles. The van der Waals surface area contributed by atoms with Gasteiger partial charge < -0.3 is 4.52 Å². The third-order valence-corrected chi connectivity index (χ3v) is 5.85. The second-order valence-corrected chi connectivity index (χ2v) is 6.94. The van der Waals surface area contributed by atoms with E-state index >= 15 is 0 Å². The summed E-state index contributed by atoms with van der Waals surface area (Å²) in [6, 6.07) is 0. The van der Waals surface area contributed by atoms with Crippen LogP contribution in [0.5, 0.6) is 0 Å². The van der Waals surface area contributed by atoms with E-state index in [1.807, 2.05) is 0 Å². The molecule has 0 N–H and O–H groups in total. The SMILES string of the molecule is CCCCOP1(=O)CC(C)C(C)C1. The lowest BCUT2D eigenvalue weighted by Crippen LogP contribution is -2.01. The minimum atomic E-state index is -2.21. The molecule has 0 aromatic carbocycles. The van der Waals surface area contributed by atoms with Gasteiger partial charge in [0.15, 0.2) is 0 Å². The highest BCUT2D eigenvalue weighted by Gasteiger charge is 2.37. The summed E-state index contributed by atoms with van der Waals surface area (Å²) in [4.78, 5) is 0. The van der Waals surface area contributed by atoms with Crippen molar-refractivity contribution in [3.05, 3.63) is 0 Å². The topological polar surface area (TPSA) is 26.3 Å². The molecule has 2 unspecified atom stereocenters. The molecular weight excluding hydrogens is 183 g/mol. The highest BCUT2D eigenvalue weighted by molar-refractivity contribution is 7.59. The standard InChI is InChI=1S/C10H21O2P/c1-4-5-6-12-13(11)7-9(2)10(3)8-13/h9-10H,4-8H2,1-3H3. The van der Waals surface area contributed by atoms with E-state index < -0.39 is 7.37 Å². The molecule has 0 bridgehead atoms. The first-order valence-corrected chi connectivity index (χ1v) is 7.29. The van der Waals surface area contributed by atoms with E-state index in [4.69, 9.17) is 4.52 Å². The van der Waals surface area contributed by atoms with Gasteiger partial charge in [-0.3, -0.25) is 4.57 Å². The van der Waals surface area contributed by atoms with E-state index in [0.29, 0.717) is 18.4 Å². The Bertz CT molecular complexity index is 189. The normalized spacial score (nSPS) is 39.6. The maximum atomic E-state index is 12.1. The Labute approximate surface area is 81.5 Å². The van der Waals surface area contributed by atoms with Crippen molar-refractivity contribution < 1.29 is 9.09 Å². The van der Waals surface area contributed by atoms with Crippen LogP contribution in [0.1, 0.15) is 33.6 Å². The Morgan fingerprint density at radius 2 is 1.85 bits per heavy atom. The van der Waals surface area contributed by atoms with Gasteiger partial charge in [-0.05, 0) is 18.3 Å². The molecule has 3 heteroatoms. The molecule has 0 aromatic heterocycles. The predicted octanol–water partition coefficient (Wildman–Crippen LogP) is 3.37. The van der Waals surface area contributed by atoms with Gasteiger partial charge in [0, 0.05) is 12.3 Å². The molecule has 1 aliphatic rings. The fourth-order valence-electron chi connectivity index (χ4n) is 1.79. The van der Waals surface area contributed by atoms with Gasteiger partial charge in [-0.25, -0.2) is 0 Å². The van der Waals surface area contributed by atoms with E-state index in [1.165, 1.54) is 0 Å². The smallest absolute Gasteiger partial charge is 0.203 e. The molecule has 0 spiro atoms. The molecule has 1 aliphatic heterocycles. The van der Waals surface area contributed by atoms with Crippen LogP contribution < -0.4 is 0 Å². The lowest BCUT2D eigenvalue weighted by molar-refractivity contribution is 0.308. The van der Waals surface area contributed by atoms with Crippen molar-refractivity contribution >= 4 is 7.37 Å². The quantitative estimate of drug-likeness (QED) is 0.518.